The van der Waals surface area contributed by atoms with Crippen LogP contribution in [0.4, 0.5) is 34.0 Å². The van der Waals surface area contributed by atoms with Crippen LogP contribution in [0, 0.1) is 0 Å². The first-order chi connectivity index (χ1) is 49.3. The van der Waals surface area contributed by atoms with E-state index < -0.39 is 40.5 Å². The molecule has 0 aliphatic carbocycles. The largest absolute Gasteiger partial charge is 0.493 e. The average Bonchev–Trinajstić information content (AvgIpc) is 1.70. The lowest BCUT2D eigenvalue weighted by atomic mass is 10.1. The van der Waals surface area contributed by atoms with Gasteiger partial charge in [-0.15, -0.1) is 0 Å². The molecule has 4 aliphatic heterocycles. The minimum Gasteiger partial charge on any atom is -0.493 e. The van der Waals surface area contributed by atoms with Gasteiger partial charge in [0.15, 0.2) is 51.6 Å². The number of nitrogens with zero attached hydrogens (tertiary/aromatic N) is 12. The molecule has 2 amide bonds. The molecule has 544 valence electrons. The third kappa shape index (κ3) is 18.4. The van der Waals surface area contributed by atoms with Gasteiger partial charge in [-0.2, -0.15) is 9.97 Å². The van der Waals surface area contributed by atoms with Crippen LogP contribution in [0.15, 0.2) is 88.7 Å². The second-order valence-corrected chi connectivity index (χ2v) is 24.0. The molecule has 0 atom stereocenters. The number of benzene rings is 3. The van der Waals surface area contributed by atoms with Gasteiger partial charge in [0.25, 0.3) is 17.0 Å². The van der Waals surface area contributed by atoms with E-state index in [1.54, 1.807) is 70.9 Å². The number of carboxylic acid groups (broad SMARTS) is 1. The zero-order valence-corrected chi connectivity index (χ0v) is 59.4. The molecule has 35 heteroatoms. The summed E-state index contributed by atoms with van der Waals surface area (Å²) in [5.41, 5.74) is 5.84. The van der Waals surface area contributed by atoms with Crippen molar-refractivity contribution < 1.29 is 81.2 Å². The van der Waals surface area contributed by atoms with Crippen LogP contribution in [0.3, 0.4) is 0 Å². The van der Waals surface area contributed by atoms with Gasteiger partial charge in [0.1, 0.15) is 11.3 Å². The number of carbonyl (C=O) groups excluding carboxylic acids is 4. The quantitative estimate of drug-likeness (QED) is 0.0416. The van der Waals surface area contributed by atoms with Gasteiger partial charge in [-0.3, -0.25) is 29.3 Å². The summed E-state index contributed by atoms with van der Waals surface area (Å²) in [6.45, 7) is 10.7. The van der Waals surface area contributed by atoms with Crippen molar-refractivity contribution in [2.24, 2.45) is 0 Å². The number of carboxylic acids is 1. The Bertz CT molecular complexity index is 4490. The van der Waals surface area contributed by atoms with Gasteiger partial charge in [-0.05, 0) is 108 Å². The number of esters is 2. The van der Waals surface area contributed by atoms with Crippen LogP contribution in [-0.4, -0.2) is 188 Å². The molecule has 0 spiro atoms. The van der Waals surface area contributed by atoms with E-state index in [1.807, 2.05) is 67.0 Å². The van der Waals surface area contributed by atoms with E-state index in [2.05, 4.69) is 59.8 Å². The van der Waals surface area contributed by atoms with Crippen LogP contribution in [0.2, 0.25) is 5.28 Å². The Kier molecular flexibility index (Phi) is 24.2. The van der Waals surface area contributed by atoms with Crippen molar-refractivity contribution in [3.8, 4) is 46.3 Å². The monoisotopic (exact) mass is 1440 g/mol. The first-order valence-electron chi connectivity index (χ1n) is 31.4. The van der Waals surface area contributed by atoms with Gasteiger partial charge in [0.2, 0.25) is 34.9 Å². The smallest absolute Gasteiger partial charge is 0.410 e. The summed E-state index contributed by atoms with van der Waals surface area (Å²) >= 11 is 5.52. The van der Waals surface area contributed by atoms with E-state index in [9.17, 15) is 33.6 Å². The summed E-state index contributed by atoms with van der Waals surface area (Å²) in [5, 5.41) is 11.8. The van der Waals surface area contributed by atoms with Crippen LogP contribution < -0.4 is 73.9 Å². The zero-order valence-electron chi connectivity index (χ0n) is 58.6. The molecule has 0 radical (unpaired) electrons. The van der Waals surface area contributed by atoms with E-state index in [-0.39, 0.29) is 51.9 Å². The number of fused-ring (bicyclic) bond motifs is 3. The van der Waals surface area contributed by atoms with Gasteiger partial charge in [-0.1, -0.05) is 0 Å². The number of hydrogen-bond donors (Lipinski definition) is 4. The fourth-order valence-corrected chi connectivity index (χ4v) is 11.2. The molecule has 34 nitrogen and oxygen atoms in total. The number of aromatic amines is 2. The third-order valence-electron chi connectivity index (χ3n) is 16.0. The molecule has 1 fully saturated rings. The molecule has 0 saturated carbocycles. The number of hydrogen-bond acceptors (Lipinski definition) is 29. The van der Waals surface area contributed by atoms with Crippen molar-refractivity contribution in [2.75, 3.05) is 122 Å². The molecular formula is C68H76ClN15O19. The maximum absolute atomic E-state index is 13.3. The predicted octanol–water partition coefficient (Wildman–Crippen LogP) is 6.75. The van der Waals surface area contributed by atoms with E-state index >= 15 is 0 Å². The number of halogens is 1. The predicted molar refractivity (Wildman–Crippen MR) is 372 cm³/mol. The summed E-state index contributed by atoms with van der Waals surface area (Å²) < 4.78 is 56.7. The van der Waals surface area contributed by atoms with E-state index in [0.717, 1.165) is 45.1 Å². The molecule has 1 saturated heterocycles. The molecule has 4 aliphatic rings. The minimum atomic E-state index is -1.24. The maximum Gasteiger partial charge on any atom is 0.410 e. The lowest BCUT2D eigenvalue weighted by molar-refractivity contribution is 0.0240. The van der Waals surface area contributed by atoms with Gasteiger partial charge >= 0.3 is 24.0 Å². The van der Waals surface area contributed by atoms with E-state index in [4.69, 9.17) is 64.1 Å². The Hall–Kier alpha value is -12.2. The average molecular weight is 1440 g/mol. The number of aromatic carboxylic acids is 1. The molecule has 3 aromatic carbocycles. The van der Waals surface area contributed by atoms with Crippen molar-refractivity contribution >= 4 is 70.7 Å². The zero-order chi connectivity index (χ0) is 74.4. The Morgan fingerprint density at radius 3 is 1.30 bits per heavy atom. The number of H-pyrrole nitrogens is 2. The molecule has 0 bridgehead atoms. The molecule has 9 heterocycles. The van der Waals surface area contributed by atoms with Gasteiger partial charge in [-0.25, -0.2) is 39.1 Å². The van der Waals surface area contributed by atoms with Crippen LogP contribution in [-0.2, 0) is 53.5 Å². The second kappa shape index (κ2) is 33.3. The van der Waals surface area contributed by atoms with Gasteiger partial charge in [0.05, 0.1) is 88.7 Å². The molecule has 12 rings (SSSR count). The fourth-order valence-electron chi connectivity index (χ4n) is 11.0. The Balaban J connectivity index is 0.000000173. The number of anilines is 5. The lowest BCUT2D eigenvalue weighted by Gasteiger charge is -2.37. The topological polar surface area (TPSA) is 391 Å². The van der Waals surface area contributed by atoms with Crippen molar-refractivity contribution in [1.82, 2.24) is 49.8 Å². The van der Waals surface area contributed by atoms with Crippen LogP contribution in [0.5, 0.6) is 46.3 Å². The normalized spacial score (nSPS) is 13.2. The van der Waals surface area contributed by atoms with Gasteiger partial charge < -0.3 is 87.0 Å². The first-order valence-corrected chi connectivity index (χ1v) is 31.8. The highest BCUT2D eigenvalue weighted by Crippen LogP contribution is 2.39. The fraction of sp³-hybridized carbons (Fsp3) is 0.353. The SMILES string of the molecule is COC(=O)c1cc(OC)nc(Cl)n1.COC(=O)c1cc(OC)nc(N2Cc3cc(OC)c(OC)cc3C2)n1.COc1cc2c(cc1OC)CN(c1nc(C(=O)Nc3cnccc3N3CCN(C(=O)OC(C)(C)C)CC3)cc(=O)[nH]1)C2.COc1cc2c(cc1OC)CN(c1nc(C(=O)O)cc(=O)[nH]1)C2. The molecule has 103 heavy (non-hydrogen) atoms. The summed E-state index contributed by atoms with van der Waals surface area (Å²) in [5.74, 6) is 2.35. The third-order valence-corrected chi connectivity index (χ3v) is 16.1. The molecule has 4 N–H and O–H groups in total. The lowest BCUT2D eigenvalue weighted by Crippen LogP contribution is -2.50. The maximum atomic E-state index is 13.3. The number of rotatable bonds is 17. The first kappa shape index (κ1) is 75.0. The van der Waals surface area contributed by atoms with E-state index in [1.165, 1.54) is 46.6 Å². The number of amides is 2. The summed E-state index contributed by atoms with van der Waals surface area (Å²) in [7, 11) is 15.0. The highest BCUT2D eigenvalue weighted by Gasteiger charge is 2.31. The minimum absolute atomic E-state index is 0.0237. The highest BCUT2D eigenvalue weighted by atomic mass is 35.5. The van der Waals surface area contributed by atoms with Crippen molar-refractivity contribution in [2.45, 2.75) is 65.6 Å². The summed E-state index contributed by atoms with van der Waals surface area (Å²) in [6.07, 6.45) is 2.85. The Morgan fingerprint density at radius 2 is 0.893 bits per heavy atom. The number of carbonyl (C=O) groups is 5. The van der Waals surface area contributed by atoms with Crippen molar-refractivity contribution in [1.29, 1.82) is 0 Å². The number of methoxy groups -OCH3 is 10. The van der Waals surface area contributed by atoms with Crippen molar-refractivity contribution in [3.63, 3.8) is 0 Å². The number of nitrogens with one attached hydrogen (secondary N) is 3. The standard InChI is InChI=1S/C29H35N7O6.C17H19N3O5.C15H15N3O5.C7H7ClN2O3/c1-29(2,3)42-28(39)35-10-8-34(9-11-35)22-6-7-30-15-21(22)31-26(38)20-14-25(37)33-27(32-20)36-16-18-12-23(40-4)24(41-5)13-19(18)17-36;1-22-13-5-10-8-20(9-11(10)6-14(13)23-2)17-18-12(16(21)25-4)7-15(19-17)24-3;1-22-11-3-8-6-18(7-9(8)4-12(11)23-2)15-16-10(14(20)21)5-13(19)17-15;1-12-5-3-4(6(11)13-2)9-7(8)10-5/h6-7,12-15H,8-11,16-17H2,1-5H3,(H,31,38)(H,32,33,37);5-7H,8-9H2,1-4H3;3-5H,6-7H2,1-2H3,(H,20,21)(H,16,17,19);3H,1-2H3. The van der Waals surface area contributed by atoms with Crippen molar-refractivity contribution in [3.05, 3.63) is 161 Å². The number of ether oxygens (including phenoxy) is 11. The molecular weight excluding hydrogens is 1370 g/mol. The highest BCUT2D eigenvalue weighted by molar-refractivity contribution is 6.28. The Morgan fingerprint density at radius 1 is 0.485 bits per heavy atom. The van der Waals surface area contributed by atoms with Gasteiger partial charge in [0, 0.05) is 95.9 Å². The van der Waals surface area contributed by atoms with Crippen LogP contribution in [0.25, 0.3) is 0 Å². The number of aromatic nitrogens is 9. The number of pyridine rings is 1. The van der Waals surface area contributed by atoms with E-state index in [0.29, 0.717) is 117 Å². The van der Waals surface area contributed by atoms with Crippen LogP contribution >= 0.6 is 11.6 Å². The number of piperazine rings is 1. The second-order valence-electron chi connectivity index (χ2n) is 23.7. The molecule has 5 aromatic heterocycles. The van der Waals surface area contributed by atoms with Crippen LogP contribution in [0.1, 0.15) is 96.1 Å². The molecule has 8 aromatic rings. The Labute approximate surface area is 594 Å². The summed E-state index contributed by atoms with van der Waals surface area (Å²) in [6, 6.07) is 18.2. The summed E-state index contributed by atoms with van der Waals surface area (Å²) in [4.78, 5) is 127. The molecule has 0 unspecified atom stereocenters.